The molecule has 0 radical (unpaired) electrons. The first-order chi connectivity index (χ1) is 9.10. The highest BCUT2D eigenvalue weighted by Crippen LogP contribution is 2.29. The minimum Gasteiger partial charge on any atom is -0.327 e. The number of nitrogens with two attached hydrogens (primary N) is 1. The van der Waals surface area contributed by atoms with Gasteiger partial charge in [0.05, 0.1) is 0 Å². The zero-order valence-electron chi connectivity index (χ0n) is 11.6. The molecule has 5 heteroatoms. The molecule has 0 saturated heterocycles. The van der Waals surface area contributed by atoms with Crippen molar-refractivity contribution in [3.63, 3.8) is 0 Å². The number of rotatable bonds is 5. The molecular weight excluding hydrogens is 256 g/mol. The maximum absolute atomic E-state index is 6.00. The molecular formula is C14H20N4S. The summed E-state index contributed by atoms with van der Waals surface area (Å²) in [4.78, 5) is 1.21. The average molecular weight is 276 g/mol. The fourth-order valence-corrected chi connectivity index (χ4v) is 2.70. The lowest BCUT2D eigenvalue weighted by Gasteiger charge is -2.11. The third kappa shape index (κ3) is 3.58. The molecule has 0 fully saturated rings. The fraction of sp³-hybridized carbons (Fsp3) is 0.429. The first-order valence-corrected chi connectivity index (χ1v) is 7.28. The van der Waals surface area contributed by atoms with Gasteiger partial charge in [-0.15, -0.1) is 10.2 Å². The zero-order chi connectivity index (χ0) is 13.8. The van der Waals surface area contributed by atoms with Crippen LogP contribution < -0.4 is 5.73 Å². The highest BCUT2D eigenvalue weighted by atomic mass is 32.2. The van der Waals surface area contributed by atoms with Gasteiger partial charge >= 0.3 is 0 Å². The van der Waals surface area contributed by atoms with Crippen LogP contribution in [0, 0.1) is 6.92 Å². The third-order valence-corrected chi connectivity index (χ3v) is 4.36. The summed E-state index contributed by atoms with van der Waals surface area (Å²) in [5.41, 5.74) is 8.55. The molecule has 0 aliphatic heterocycles. The predicted molar refractivity (Wildman–Crippen MR) is 78.3 cm³/mol. The van der Waals surface area contributed by atoms with E-state index in [4.69, 9.17) is 5.73 Å². The third-order valence-electron chi connectivity index (χ3n) is 3.13. The maximum Gasteiger partial charge on any atom is 0.195 e. The number of benzene rings is 1. The van der Waals surface area contributed by atoms with Crippen molar-refractivity contribution < 1.29 is 0 Å². The Morgan fingerprint density at radius 1 is 1.42 bits per heavy atom. The van der Waals surface area contributed by atoms with Gasteiger partial charge in [0, 0.05) is 18.0 Å². The topological polar surface area (TPSA) is 56.7 Å². The molecule has 0 aliphatic carbocycles. The van der Waals surface area contributed by atoms with Crippen molar-refractivity contribution in [3.05, 3.63) is 35.7 Å². The fourth-order valence-electron chi connectivity index (χ4n) is 1.86. The molecule has 102 valence electrons. The Labute approximate surface area is 118 Å². The number of hydrogen-bond acceptors (Lipinski definition) is 4. The summed E-state index contributed by atoms with van der Waals surface area (Å²) in [6.07, 6.45) is 3.66. The average Bonchev–Trinajstić information content (AvgIpc) is 2.78. The van der Waals surface area contributed by atoms with Gasteiger partial charge in [0.1, 0.15) is 6.33 Å². The Kier molecular flexibility index (Phi) is 4.61. The monoisotopic (exact) mass is 276 g/mol. The number of aromatic nitrogens is 3. The molecule has 2 rings (SSSR count). The molecule has 0 saturated carbocycles. The SMILES string of the molecule is CCC(N)Cc1ccc(Sc2nncn2C)c(C)c1. The van der Waals surface area contributed by atoms with Gasteiger partial charge in [-0.2, -0.15) is 0 Å². The molecule has 1 atom stereocenters. The van der Waals surface area contributed by atoms with Crippen LogP contribution >= 0.6 is 11.8 Å². The summed E-state index contributed by atoms with van der Waals surface area (Å²) < 4.78 is 1.92. The Balaban J connectivity index is 2.13. The normalized spacial score (nSPS) is 12.6. The molecule has 2 N–H and O–H groups in total. The largest absolute Gasteiger partial charge is 0.327 e. The van der Waals surface area contributed by atoms with Crippen LogP contribution in [0.5, 0.6) is 0 Å². The first kappa shape index (κ1) is 14.1. The van der Waals surface area contributed by atoms with Gasteiger partial charge in [-0.05, 0) is 48.7 Å². The predicted octanol–water partition coefficient (Wildman–Crippen LogP) is 2.55. The molecule has 2 aromatic rings. The second-order valence-electron chi connectivity index (χ2n) is 4.80. The van der Waals surface area contributed by atoms with Gasteiger partial charge in [-0.1, -0.05) is 19.1 Å². The van der Waals surface area contributed by atoms with E-state index in [-0.39, 0.29) is 6.04 Å². The molecule has 0 amide bonds. The summed E-state index contributed by atoms with van der Waals surface area (Å²) >= 11 is 1.64. The van der Waals surface area contributed by atoms with E-state index in [2.05, 4.69) is 42.2 Å². The van der Waals surface area contributed by atoms with Crippen molar-refractivity contribution >= 4 is 11.8 Å². The van der Waals surface area contributed by atoms with E-state index in [0.29, 0.717) is 0 Å². The van der Waals surface area contributed by atoms with Crippen LogP contribution in [0.1, 0.15) is 24.5 Å². The number of aryl methyl sites for hydroxylation is 2. The van der Waals surface area contributed by atoms with Gasteiger partial charge in [-0.25, -0.2) is 0 Å². The molecule has 1 unspecified atom stereocenters. The molecule has 4 nitrogen and oxygen atoms in total. The smallest absolute Gasteiger partial charge is 0.195 e. The Hall–Kier alpha value is -1.33. The van der Waals surface area contributed by atoms with Crippen molar-refractivity contribution in [3.8, 4) is 0 Å². The van der Waals surface area contributed by atoms with Crippen molar-refractivity contribution in [2.24, 2.45) is 12.8 Å². The van der Waals surface area contributed by atoms with E-state index in [1.807, 2.05) is 11.6 Å². The number of hydrogen-bond donors (Lipinski definition) is 1. The standard InChI is InChI=1S/C14H20N4S/c1-4-12(15)8-11-5-6-13(10(2)7-11)19-14-17-16-9-18(14)3/h5-7,9,12H,4,8,15H2,1-3H3. The molecule has 1 heterocycles. The molecule has 1 aromatic carbocycles. The van der Waals surface area contributed by atoms with Crippen LogP contribution in [0.2, 0.25) is 0 Å². The van der Waals surface area contributed by atoms with Crippen molar-refractivity contribution in [1.29, 1.82) is 0 Å². The Morgan fingerprint density at radius 2 is 2.21 bits per heavy atom. The Bertz CT molecular complexity index is 550. The van der Waals surface area contributed by atoms with Crippen molar-refractivity contribution in [2.75, 3.05) is 0 Å². The highest BCUT2D eigenvalue weighted by Gasteiger charge is 2.08. The number of nitrogens with zero attached hydrogens (tertiary/aromatic N) is 3. The van der Waals surface area contributed by atoms with Gasteiger partial charge in [-0.3, -0.25) is 0 Å². The summed E-state index contributed by atoms with van der Waals surface area (Å²) in [7, 11) is 1.95. The van der Waals surface area contributed by atoms with E-state index in [1.54, 1.807) is 18.1 Å². The summed E-state index contributed by atoms with van der Waals surface area (Å²) in [5.74, 6) is 0. The first-order valence-electron chi connectivity index (χ1n) is 6.47. The quantitative estimate of drug-likeness (QED) is 0.912. The lowest BCUT2D eigenvalue weighted by Crippen LogP contribution is -2.21. The second-order valence-corrected chi connectivity index (χ2v) is 5.81. The van der Waals surface area contributed by atoms with Gasteiger partial charge in [0.25, 0.3) is 0 Å². The van der Waals surface area contributed by atoms with E-state index in [1.165, 1.54) is 16.0 Å². The Morgan fingerprint density at radius 3 is 2.79 bits per heavy atom. The minimum atomic E-state index is 0.247. The molecule has 19 heavy (non-hydrogen) atoms. The van der Waals surface area contributed by atoms with E-state index < -0.39 is 0 Å². The zero-order valence-corrected chi connectivity index (χ0v) is 12.4. The van der Waals surface area contributed by atoms with E-state index in [0.717, 1.165) is 18.0 Å². The van der Waals surface area contributed by atoms with E-state index >= 15 is 0 Å². The van der Waals surface area contributed by atoms with Crippen LogP contribution in [0.15, 0.2) is 34.6 Å². The van der Waals surface area contributed by atoms with Crippen LogP contribution in [-0.2, 0) is 13.5 Å². The minimum absolute atomic E-state index is 0.247. The van der Waals surface area contributed by atoms with Crippen LogP contribution in [0.4, 0.5) is 0 Å². The van der Waals surface area contributed by atoms with Gasteiger partial charge < -0.3 is 10.3 Å². The van der Waals surface area contributed by atoms with E-state index in [9.17, 15) is 0 Å². The summed E-state index contributed by atoms with van der Waals surface area (Å²) in [5, 5.41) is 8.89. The summed E-state index contributed by atoms with van der Waals surface area (Å²) in [6.45, 7) is 4.25. The second kappa shape index (κ2) is 6.21. The highest BCUT2D eigenvalue weighted by molar-refractivity contribution is 7.99. The van der Waals surface area contributed by atoms with Crippen LogP contribution in [-0.4, -0.2) is 20.8 Å². The van der Waals surface area contributed by atoms with Crippen molar-refractivity contribution in [1.82, 2.24) is 14.8 Å². The lowest BCUT2D eigenvalue weighted by molar-refractivity contribution is 0.646. The lowest BCUT2D eigenvalue weighted by atomic mass is 10.0. The van der Waals surface area contributed by atoms with Crippen LogP contribution in [0.25, 0.3) is 0 Å². The molecule has 0 spiro atoms. The van der Waals surface area contributed by atoms with Crippen molar-refractivity contribution in [2.45, 2.75) is 42.8 Å². The van der Waals surface area contributed by atoms with Crippen LogP contribution in [0.3, 0.4) is 0 Å². The van der Waals surface area contributed by atoms with Gasteiger partial charge in [0.15, 0.2) is 5.16 Å². The molecule has 0 aliphatic rings. The molecule has 1 aromatic heterocycles. The van der Waals surface area contributed by atoms with Gasteiger partial charge in [0.2, 0.25) is 0 Å². The molecule has 0 bridgehead atoms. The summed E-state index contributed by atoms with van der Waals surface area (Å²) in [6, 6.07) is 6.76. The maximum atomic E-state index is 6.00.